The third kappa shape index (κ3) is 4.71. The first kappa shape index (κ1) is 16.3. The molecule has 0 saturated carbocycles. The van der Waals surface area contributed by atoms with E-state index >= 15 is 0 Å². The maximum Gasteiger partial charge on any atom is 0.191 e. The van der Waals surface area contributed by atoms with Crippen molar-refractivity contribution in [3.63, 3.8) is 0 Å². The van der Waals surface area contributed by atoms with Crippen molar-refractivity contribution in [2.24, 2.45) is 4.99 Å². The van der Waals surface area contributed by atoms with Gasteiger partial charge in [-0.05, 0) is 54.2 Å². The number of hydrogen-bond acceptors (Lipinski definition) is 3. The fraction of sp³-hybridized carbons (Fsp3) is 0.688. The summed E-state index contributed by atoms with van der Waals surface area (Å²) in [5.74, 6) is 1.42. The van der Waals surface area contributed by atoms with E-state index in [-0.39, 0.29) is 0 Å². The minimum Gasteiger partial charge on any atom is -0.356 e. The van der Waals surface area contributed by atoms with Crippen LogP contribution in [0.2, 0.25) is 0 Å². The first-order valence-electron chi connectivity index (χ1n) is 7.95. The third-order valence-corrected chi connectivity index (χ3v) is 5.02. The first-order valence-corrected chi connectivity index (χ1v) is 8.89. The van der Waals surface area contributed by atoms with E-state index in [1.54, 1.807) is 11.3 Å². The van der Waals surface area contributed by atoms with Crippen LogP contribution in [-0.2, 0) is 0 Å². The van der Waals surface area contributed by atoms with Gasteiger partial charge in [0.2, 0.25) is 0 Å². The molecule has 5 heteroatoms. The van der Waals surface area contributed by atoms with Crippen molar-refractivity contribution in [2.45, 2.75) is 38.6 Å². The first-order chi connectivity index (χ1) is 10.2. The van der Waals surface area contributed by atoms with Gasteiger partial charge in [-0.3, -0.25) is 9.89 Å². The average molecular weight is 308 g/mol. The summed E-state index contributed by atoms with van der Waals surface area (Å²) in [7, 11) is 1.84. The van der Waals surface area contributed by atoms with Crippen LogP contribution >= 0.6 is 11.3 Å². The van der Waals surface area contributed by atoms with Gasteiger partial charge in [-0.1, -0.05) is 13.8 Å². The van der Waals surface area contributed by atoms with Gasteiger partial charge in [0, 0.05) is 26.2 Å². The number of thiophene rings is 1. The largest absolute Gasteiger partial charge is 0.356 e. The van der Waals surface area contributed by atoms with Crippen molar-refractivity contribution < 1.29 is 0 Å². The second kappa shape index (κ2) is 8.39. The van der Waals surface area contributed by atoms with E-state index in [9.17, 15) is 0 Å². The van der Waals surface area contributed by atoms with Crippen LogP contribution in [0.5, 0.6) is 0 Å². The maximum absolute atomic E-state index is 4.33. The highest BCUT2D eigenvalue weighted by molar-refractivity contribution is 7.07. The van der Waals surface area contributed by atoms with Gasteiger partial charge < -0.3 is 10.6 Å². The Kier molecular flexibility index (Phi) is 6.51. The highest BCUT2D eigenvalue weighted by atomic mass is 32.1. The van der Waals surface area contributed by atoms with Crippen LogP contribution < -0.4 is 10.6 Å². The Morgan fingerprint density at radius 2 is 2.38 bits per heavy atom. The number of nitrogens with zero attached hydrogens (tertiary/aromatic N) is 2. The SMILES string of the molecule is CCN1CCCC1CNC(=NC)NCC(C)c1ccsc1. The normalized spacial score (nSPS) is 21.5. The number of nitrogens with one attached hydrogen (secondary N) is 2. The van der Waals surface area contributed by atoms with E-state index in [1.165, 1.54) is 24.9 Å². The molecule has 21 heavy (non-hydrogen) atoms. The van der Waals surface area contributed by atoms with Crippen molar-refractivity contribution in [1.29, 1.82) is 0 Å². The monoisotopic (exact) mass is 308 g/mol. The highest BCUT2D eigenvalue weighted by Crippen LogP contribution is 2.17. The number of likely N-dealkylation sites (N-methyl/N-ethyl adjacent to an activating group) is 1. The summed E-state index contributed by atoms with van der Waals surface area (Å²) < 4.78 is 0. The molecule has 2 rings (SSSR count). The second-order valence-corrected chi connectivity index (χ2v) is 6.50. The zero-order valence-corrected chi connectivity index (χ0v) is 14.2. The molecule has 0 spiro atoms. The van der Waals surface area contributed by atoms with E-state index in [2.05, 4.69) is 51.2 Å². The molecular formula is C16H28N4S. The van der Waals surface area contributed by atoms with E-state index in [0.717, 1.165) is 25.6 Å². The van der Waals surface area contributed by atoms with Crippen molar-refractivity contribution in [3.8, 4) is 0 Å². The Morgan fingerprint density at radius 3 is 3.05 bits per heavy atom. The summed E-state index contributed by atoms with van der Waals surface area (Å²) in [6.07, 6.45) is 2.62. The standard InChI is InChI=1S/C16H28N4S/c1-4-20-8-5-6-15(20)11-19-16(17-3)18-10-13(2)14-7-9-21-12-14/h7,9,12-13,15H,4-6,8,10-11H2,1-3H3,(H2,17,18,19). The molecule has 2 heterocycles. The fourth-order valence-corrected chi connectivity index (χ4v) is 3.68. The molecular weight excluding hydrogens is 280 g/mol. The number of rotatable bonds is 6. The van der Waals surface area contributed by atoms with Gasteiger partial charge in [0.15, 0.2) is 5.96 Å². The molecule has 2 atom stereocenters. The Bertz CT molecular complexity index is 429. The van der Waals surface area contributed by atoms with Crippen LogP contribution in [0, 0.1) is 0 Å². The van der Waals surface area contributed by atoms with Gasteiger partial charge in [0.1, 0.15) is 0 Å². The van der Waals surface area contributed by atoms with E-state index in [0.29, 0.717) is 12.0 Å². The Hall–Kier alpha value is -1.07. The van der Waals surface area contributed by atoms with Crippen LogP contribution in [0.3, 0.4) is 0 Å². The van der Waals surface area contributed by atoms with Gasteiger partial charge >= 0.3 is 0 Å². The minimum atomic E-state index is 0.508. The van der Waals surface area contributed by atoms with E-state index < -0.39 is 0 Å². The lowest BCUT2D eigenvalue weighted by molar-refractivity contribution is 0.267. The van der Waals surface area contributed by atoms with E-state index in [4.69, 9.17) is 0 Å². The maximum atomic E-state index is 4.33. The zero-order valence-electron chi connectivity index (χ0n) is 13.4. The smallest absolute Gasteiger partial charge is 0.191 e. The lowest BCUT2D eigenvalue weighted by atomic mass is 10.1. The molecule has 2 N–H and O–H groups in total. The van der Waals surface area contributed by atoms with Gasteiger partial charge in [0.05, 0.1) is 0 Å². The molecule has 4 nitrogen and oxygen atoms in total. The van der Waals surface area contributed by atoms with Crippen molar-refractivity contribution in [1.82, 2.24) is 15.5 Å². The third-order valence-electron chi connectivity index (χ3n) is 4.32. The topological polar surface area (TPSA) is 39.7 Å². The highest BCUT2D eigenvalue weighted by Gasteiger charge is 2.22. The lowest BCUT2D eigenvalue weighted by Crippen LogP contribution is -2.45. The van der Waals surface area contributed by atoms with Crippen LogP contribution in [0.1, 0.15) is 38.2 Å². The molecule has 1 fully saturated rings. The molecule has 0 aliphatic carbocycles. The molecule has 0 bridgehead atoms. The Balaban J connectivity index is 1.73. The fourth-order valence-electron chi connectivity index (χ4n) is 2.90. The molecule has 1 saturated heterocycles. The molecule has 1 aromatic heterocycles. The van der Waals surface area contributed by atoms with Crippen LogP contribution in [0.4, 0.5) is 0 Å². The van der Waals surface area contributed by atoms with Gasteiger partial charge in [-0.15, -0.1) is 0 Å². The Morgan fingerprint density at radius 1 is 1.52 bits per heavy atom. The summed E-state index contributed by atoms with van der Waals surface area (Å²) in [5, 5.41) is 11.3. The van der Waals surface area contributed by atoms with Crippen molar-refractivity contribution in [3.05, 3.63) is 22.4 Å². The van der Waals surface area contributed by atoms with Crippen molar-refractivity contribution >= 4 is 17.3 Å². The zero-order chi connectivity index (χ0) is 15.1. The summed E-state index contributed by atoms with van der Waals surface area (Å²) in [5.41, 5.74) is 1.40. The predicted octanol–water partition coefficient (Wildman–Crippen LogP) is 2.50. The summed E-state index contributed by atoms with van der Waals surface area (Å²) in [6, 6.07) is 2.85. The van der Waals surface area contributed by atoms with Crippen LogP contribution in [-0.4, -0.2) is 50.1 Å². The lowest BCUT2D eigenvalue weighted by Gasteiger charge is -2.24. The molecule has 1 aliphatic heterocycles. The van der Waals surface area contributed by atoms with Gasteiger partial charge in [-0.25, -0.2) is 0 Å². The molecule has 1 aliphatic rings. The summed E-state index contributed by atoms with van der Waals surface area (Å²) >= 11 is 1.76. The molecule has 2 unspecified atom stereocenters. The number of likely N-dealkylation sites (tertiary alicyclic amines) is 1. The molecule has 1 aromatic rings. The Labute approximate surface area is 132 Å². The molecule has 0 aromatic carbocycles. The molecule has 118 valence electrons. The second-order valence-electron chi connectivity index (χ2n) is 5.72. The quantitative estimate of drug-likeness (QED) is 0.626. The van der Waals surface area contributed by atoms with Crippen LogP contribution in [0.25, 0.3) is 0 Å². The molecule has 0 radical (unpaired) electrons. The van der Waals surface area contributed by atoms with Crippen molar-refractivity contribution in [2.75, 3.05) is 33.2 Å². The number of hydrogen-bond donors (Lipinski definition) is 2. The number of guanidine groups is 1. The average Bonchev–Trinajstić information content (AvgIpc) is 3.18. The molecule has 0 amide bonds. The summed E-state index contributed by atoms with van der Waals surface area (Å²) in [4.78, 5) is 6.88. The van der Waals surface area contributed by atoms with Gasteiger partial charge in [0.25, 0.3) is 0 Å². The van der Waals surface area contributed by atoms with E-state index in [1.807, 2.05) is 7.05 Å². The van der Waals surface area contributed by atoms with Crippen LogP contribution in [0.15, 0.2) is 21.8 Å². The summed E-state index contributed by atoms with van der Waals surface area (Å²) in [6.45, 7) is 8.78. The minimum absolute atomic E-state index is 0.508. The van der Waals surface area contributed by atoms with Gasteiger partial charge in [-0.2, -0.15) is 11.3 Å². The number of aliphatic imine (C=N–C) groups is 1. The predicted molar refractivity (Wildman–Crippen MR) is 92.4 cm³/mol.